The molecule has 1 aromatic heterocycles. The molecule has 0 spiro atoms. The molecule has 0 unspecified atom stereocenters. The van der Waals surface area contributed by atoms with Crippen molar-refractivity contribution in [3.8, 4) is 0 Å². The molecule has 1 N–H and O–H groups in total. The molecule has 0 bridgehead atoms. The molecular weight excluding hydrogens is 144 g/mol. The van der Waals surface area contributed by atoms with Gasteiger partial charge in [0.2, 0.25) is 5.89 Å². The maximum atomic E-state index is 10.6. The van der Waals surface area contributed by atoms with Gasteiger partial charge in [-0.25, -0.2) is 9.89 Å². The molecule has 4 nitrogen and oxygen atoms in total. The van der Waals surface area contributed by atoms with Gasteiger partial charge in [0.25, 0.3) is 0 Å². The van der Waals surface area contributed by atoms with Crippen molar-refractivity contribution in [2.45, 2.75) is 31.6 Å². The summed E-state index contributed by atoms with van der Waals surface area (Å²) >= 11 is 0. The molecule has 0 saturated heterocycles. The summed E-state index contributed by atoms with van der Waals surface area (Å²) < 4.78 is 4.88. The smallest absolute Gasteiger partial charge is 0.392 e. The molecular formula is C7H10N2O2. The van der Waals surface area contributed by atoms with Crippen LogP contribution in [0.25, 0.3) is 0 Å². The molecule has 2 rings (SSSR count). The molecule has 0 amide bonds. The Bertz CT molecular complexity index is 308. The molecule has 1 fully saturated rings. The van der Waals surface area contributed by atoms with E-state index in [1.807, 2.05) is 0 Å². The largest absolute Gasteiger partial charge is 0.434 e. The van der Waals surface area contributed by atoms with Gasteiger partial charge in [-0.2, -0.15) is 0 Å². The van der Waals surface area contributed by atoms with Gasteiger partial charge in [-0.15, -0.1) is 5.10 Å². The van der Waals surface area contributed by atoms with E-state index in [4.69, 9.17) is 4.42 Å². The zero-order valence-corrected chi connectivity index (χ0v) is 6.39. The first-order chi connectivity index (χ1) is 5.27. The van der Waals surface area contributed by atoms with Gasteiger partial charge in [0.05, 0.1) is 0 Å². The van der Waals surface area contributed by atoms with Crippen molar-refractivity contribution in [3.05, 3.63) is 16.4 Å². The van der Waals surface area contributed by atoms with Crippen molar-refractivity contribution in [3.63, 3.8) is 0 Å². The average Bonchev–Trinajstić information content (AvgIpc) is 2.70. The lowest BCUT2D eigenvalue weighted by Crippen LogP contribution is -2.04. The van der Waals surface area contributed by atoms with Crippen molar-refractivity contribution in [2.24, 2.45) is 0 Å². The van der Waals surface area contributed by atoms with E-state index in [0.29, 0.717) is 5.89 Å². The molecule has 0 aliphatic heterocycles. The van der Waals surface area contributed by atoms with Gasteiger partial charge in [-0.05, 0) is 19.3 Å². The average molecular weight is 154 g/mol. The first-order valence-electron chi connectivity index (χ1n) is 3.83. The maximum Gasteiger partial charge on any atom is 0.434 e. The van der Waals surface area contributed by atoms with Gasteiger partial charge in [-0.1, -0.05) is 6.92 Å². The molecule has 0 aromatic carbocycles. The van der Waals surface area contributed by atoms with Gasteiger partial charge in [0.15, 0.2) is 0 Å². The van der Waals surface area contributed by atoms with Crippen LogP contribution in [-0.4, -0.2) is 10.2 Å². The summed E-state index contributed by atoms with van der Waals surface area (Å²) in [6.45, 7) is 2.08. The number of hydrogen-bond acceptors (Lipinski definition) is 3. The van der Waals surface area contributed by atoms with Gasteiger partial charge < -0.3 is 4.42 Å². The highest BCUT2D eigenvalue weighted by Gasteiger charge is 2.47. The van der Waals surface area contributed by atoms with Crippen LogP contribution >= 0.6 is 0 Å². The normalized spacial score (nSPS) is 20.1. The van der Waals surface area contributed by atoms with E-state index >= 15 is 0 Å². The van der Waals surface area contributed by atoms with E-state index in [1.165, 1.54) is 0 Å². The fraction of sp³-hybridized carbons (Fsp3) is 0.714. The lowest BCUT2D eigenvalue weighted by atomic mass is 10.0. The predicted molar refractivity (Wildman–Crippen MR) is 38.3 cm³/mol. The number of nitrogens with zero attached hydrogens (tertiary/aromatic N) is 1. The Morgan fingerprint density at radius 3 is 2.82 bits per heavy atom. The van der Waals surface area contributed by atoms with E-state index in [2.05, 4.69) is 17.1 Å². The van der Waals surface area contributed by atoms with E-state index in [-0.39, 0.29) is 5.41 Å². The number of rotatable bonds is 2. The van der Waals surface area contributed by atoms with Crippen molar-refractivity contribution >= 4 is 0 Å². The van der Waals surface area contributed by atoms with Crippen molar-refractivity contribution < 1.29 is 4.42 Å². The second kappa shape index (κ2) is 1.96. The summed E-state index contributed by atoms with van der Waals surface area (Å²) in [4.78, 5) is 10.6. The van der Waals surface area contributed by atoms with Crippen molar-refractivity contribution in [2.75, 3.05) is 0 Å². The van der Waals surface area contributed by atoms with Crippen molar-refractivity contribution in [1.29, 1.82) is 0 Å². The van der Waals surface area contributed by atoms with Crippen LogP contribution < -0.4 is 5.76 Å². The molecule has 0 radical (unpaired) electrons. The molecule has 1 saturated carbocycles. The van der Waals surface area contributed by atoms with Crippen molar-refractivity contribution in [1.82, 2.24) is 10.2 Å². The standard InChI is InChI=1S/C7H10N2O2/c1-2-7(3-4-7)5-8-9-6(10)11-5/h2-4H2,1H3,(H,9,10). The lowest BCUT2D eigenvalue weighted by molar-refractivity contribution is 0.406. The highest BCUT2D eigenvalue weighted by Crippen LogP contribution is 2.49. The Labute approximate surface area is 63.6 Å². The number of H-pyrrole nitrogens is 1. The van der Waals surface area contributed by atoms with E-state index in [1.54, 1.807) is 0 Å². The predicted octanol–water partition coefficient (Wildman–Crippen LogP) is 0.804. The highest BCUT2D eigenvalue weighted by atomic mass is 16.4. The summed E-state index contributed by atoms with van der Waals surface area (Å²) in [5, 5.41) is 6.09. The van der Waals surface area contributed by atoms with Crippen LogP contribution in [0.1, 0.15) is 32.1 Å². The topological polar surface area (TPSA) is 58.9 Å². The molecule has 60 valence electrons. The second-order valence-corrected chi connectivity index (χ2v) is 3.05. The van der Waals surface area contributed by atoms with Crippen LogP contribution in [0, 0.1) is 0 Å². The third-order valence-electron chi connectivity index (χ3n) is 2.42. The van der Waals surface area contributed by atoms with Crippen LogP contribution in [0.3, 0.4) is 0 Å². The number of aromatic nitrogens is 2. The monoisotopic (exact) mass is 154 g/mol. The summed E-state index contributed by atoms with van der Waals surface area (Å²) in [5.74, 6) is 0.143. The minimum atomic E-state index is -0.445. The molecule has 1 aliphatic carbocycles. The van der Waals surface area contributed by atoms with Gasteiger partial charge in [-0.3, -0.25) is 0 Å². The zero-order chi connectivity index (χ0) is 7.90. The number of nitrogens with one attached hydrogen (secondary N) is 1. The highest BCUT2D eigenvalue weighted by molar-refractivity contribution is 5.13. The Morgan fingerprint density at radius 1 is 1.73 bits per heavy atom. The third kappa shape index (κ3) is 0.895. The first kappa shape index (κ1) is 6.64. The third-order valence-corrected chi connectivity index (χ3v) is 2.42. The zero-order valence-electron chi connectivity index (χ0n) is 6.39. The number of aromatic amines is 1. The van der Waals surface area contributed by atoms with E-state index in [0.717, 1.165) is 19.3 Å². The molecule has 11 heavy (non-hydrogen) atoms. The molecule has 1 aromatic rings. The summed E-state index contributed by atoms with van der Waals surface area (Å²) in [6.07, 6.45) is 3.19. The van der Waals surface area contributed by atoms with E-state index in [9.17, 15) is 4.79 Å². The minimum absolute atomic E-state index is 0.0964. The Morgan fingerprint density at radius 2 is 2.45 bits per heavy atom. The van der Waals surface area contributed by atoms with Gasteiger partial charge >= 0.3 is 5.76 Å². The van der Waals surface area contributed by atoms with Crippen LogP contribution in [0.15, 0.2) is 9.21 Å². The van der Waals surface area contributed by atoms with Crippen LogP contribution in [0.5, 0.6) is 0 Å². The second-order valence-electron chi connectivity index (χ2n) is 3.05. The Kier molecular flexibility index (Phi) is 1.19. The maximum absolute atomic E-state index is 10.6. The first-order valence-corrected chi connectivity index (χ1v) is 3.83. The van der Waals surface area contributed by atoms with E-state index < -0.39 is 5.76 Å². The SMILES string of the molecule is CCC1(c2n[nH]c(=O)o2)CC1. The van der Waals surface area contributed by atoms with Crippen LogP contribution in [-0.2, 0) is 5.41 Å². The quantitative estimate of drug-likeness (QED) is 0.685. The fourth-order valence-corrected chi connectivity index (χ4v) is 1.33. The minimum Gasteiger partial charge on any atom is -0.392 e. The fourth-order valence-electron chi connectivity index (χ4n) is 1.33. The molecule has 0 atom stereocenters. The van der Waals surface area contributed by atoms with Gasteiger partial charge in [0.1, 0.15) is 0 Å². The van der Waals surface area contributed by atoms with Crippen LogP contribution in [0.4, 0.5) is 0 Å². The van der Waals surface area contributed by atoms with Crippen LogP contribution in [0.2, 0.25) is 0 Å². The molecule has 1 aliphatic rings. The summed E-state index contributed by atoms with van der Waals surface area (Å²) in [5.41, 5.74) is 0.0964. The lowest BCUT2D eigenvalue weighted by Gasteiger charge is -2.03. The Balaban J connectivity index is 2.36. The summed E-state index contributed by atoms with van der Waals surface area (Å²) in [7, 11) is 0. The number of hydrogen-bond donors (Lipinski definition) is 1. The Hall–Kier alpha value is -1.06. The molecule has 1 heterocycles. The van der Waals surface area contributed by atoms with Gasteiger partial charge in [0, 0.05) is 5.41 Å². The molecule has 4 heteroatoms. The summed E-state index contributed by atoms with van der Waals surface area (Å²) in [6, 6.07) is 0.